The van der Waals surface area contributed by atoms with Crippen LogP contribution in [-0.2, 0) is 17.9 Å². The third kappa shape index (κ3) is 5.03. The third-order valence-electron chi connectivity index (χ3n) is 5.10. The number of aromatic nitrogens is 2. The monoisotopic (exact) mass is 459 g/mol. The Morgan fingerprint density at radius 1 is 1.00 bits per heavy atom. The van der Waals surface area contributed by atoms with Gasteiger partial charge in [0.1, 0.15) is 12.4 Å². The topological polar surface area (TPSA) is 87.3 Å². The molecule has 1 aromatic heterocycles. The maximum atomic E-state index is 12.2. The summed E-state index contributed by atoms with van der Waals surface area (Å²) in [6, 6.07) is 22.8. The van der Waals surface area contributed by atoms with Gasteiger partial charge in [0, 0.05) is 17.7 Å². The Morgan fingerprint density at radius 3 is 2.52 bits per heavy atom. The van der Waals surface area contributed by atoms with E-state index in [0.29, 0.717) is 40.9 Å². The van der Waals surface area contributed by atoms with Crippen molar-refractivity contribution in [2.24, 2.45) is 5.73 Å². The number of rotatable bonds is 7. The Hall–Kier alpha value is -3.74. The molecule has 0 radical (unpaired) electrons. The quantitative estimate of drug-likeness (QED) is 0.378. The lowest BCUT2D eigenvalue weighted by Gasteiger charge is -2.14. The molecule has 0 saturated carbocycles. The lowest BCUT2D eigenvalue weighted by Crippen LogP contribution is -2.08. The standard InChI is InChI=1S/C26H22ClN3O3/c1-32-26(31)22-15-29-25(20-10-6-5-9-19(20)14-28)24(30-22)18-11-12-21(27)23(13-18)33-16-17-7-3-2-4-8-17/h2-13,15H,14,16,28H2,1H3. The van der Waals surface area contributed by atoms with Gasteiger partial charge in [0.25, 0.3) is 0 Å². The summed E-state index contributed by atoms with van der Waals surface area (Å²) in [4.78, 5) is 21.3. The molecule has 6 nitrogen and oxygen atoms in total. The van der Waals surface area contributed by atoms with Gasteiger partial charge < -0.3 is 15.2 Å². The molecule has 0 spiro atoms. The summed E-state index contributed by atoms with van der Waals surface area (Å²) < 4.78 is 10.8. The summed E-state index contributed by atoms with van der Waals surface area (Å²) in [5, 5.41) is 0.468. The molecule has 0 aliphatic rings. The van der Waals surface area contributed by atoms with Gasteiger partial charge in [-0.2, -0.15) is 0 Å². The second-order valence-corrected chi connectivity index (χ2v) is 7.63. The van der Waals surface area contributed by atoms with Crippen molar-refractivity contribution < 1.29 is 14.3 Å². The fourth-order valence-electron chi connectivity index (χ4n) is 3.42. The van der Waals surface area contributed by atoms with Crippen LogP contribution in [0.2, 0.25) is 5.02 Å². The molecular weight excluding hydrogens is 438 g/mol. The molecule has 0 unspecified atom stereocenters. The highest BCUT2D eigenvalue weighted by atomic mass is 35.5. The average Bonchev–Trinajstić information content (AvgIpc) is 2.88. The number of hydrogen-bond donors (Lipinski definition) is 1. The van der Waals surface area contributed by atoms with Gasteiger partial charge in [-0.05, 0) is 23.3 Å². The first-order chi connectivity index (χ1) is 16.1. The summed E-state index contributed by atoms with van der Waals surface area (Å²) in [5.41, 5.74) is 10.6. The molecule has 166 valence electrons. The van der Waals surface area contributed by atoms with Gasteiger partial charge in [-0.3, -0.25) is 4.98 Å². The van der Waals surface area contributed by atoms with Crippen molar-refractivity contribution in [3.05, 3.63) is 101 Å². The Kier molecular flexibility index (Phi) is 6.98. The van der Waals surface area contributed by atoms with E-state index in [1.807, 2.05) is 60.7 Å². The fraction of sp³-hybridized carbons (Fsp3) is 0.115. The molecule has 0 fully saturated rings. The van der Waals surface area contributed by atoms with E-state index in [4.69, 9.17) is 26.8 Å². The number of benzene rings is 3. The van der Waals surface area contributed by atoms with E-state index in [9.17, 15) is 4.79 Å². The first-order valence-electron chi connectivity index (χ1n) is 10.3. The molecule has 0 amide bonds. The third-order valence-corrected chi connectivity index (χ3v) is 5.41. The van der Waals surface area contributed by atoms with Crippen molar-refractivity contribution in [1.29, 1.82) is 0 Å². The number of carbonyl (C=O) groups is 1. The zero-order chi connectivity index (χ0) is 23.2. The largest absolute Gasteiger partial charge is 0.487 e. The van der Waals surface area contributed by atoms with E-state index in [0.717, 1.165) is 16.7 Å². The van der Waals surface area contributed by atoms with Crippen molar-refractivity contribution in [2.45, 2.75) is 13.2 Å². The van der Waals surface area contributed by atoms with Gasteiger partial charge in [0.05, 0.1) is 29.7 Å². The smallest absolute Gasteiger partial charge is 0.358 e. The Labute approximate surface area is 197 Å². The molecule has 4 aromatic rings. The maximum absolute atomic E-state index is 12.2. The van der Waals surface area contributed by atoms with E-state index in [1.54, 1.807) is 12.1 Å². The summed E-state index contributed by atoms with van der Waals surface area (Å²) in [5.74, 6) is -0.0710. The van der Waals surface area contributed by atoms with Crippen LogP contribution in [-0.4, -0.2) is 23.0 Å². The number of methoxy groups -OCH3 is 1. The molecule has 33 heavy (non-hydrogen) atoms. The van der Waals surface area contributed by atoms with E-state index < -0.39 is 5.97 Å². The minimum absolute atomic E-state index is 0.100. The molecule has 0 atom stereocenters. The van der Waals surface area contributed by atoms with Crippen LogP contribution in [0.1, 0.15) is 21.6 Å². The van der Waals surface area contributed by atoms with Gasteiger partial charge in [-0.1, -0.05) is 72.3 Å². The Morgan fingerprint density at radius 2 is 1.76 bits per heavy atom. The van der Waals surface area contributed by atoms with Crippen LogP contribution < -0.4 is 10.5 Å². The molecule has 3 aromatic carbocycles. The minimum atomic E-state index is -0.572. The van der Waals surface area contributed by atoms with Crippen LogP contribution in [0.25, 0.3) is 22.5 Å². The molecule has 0 aliphatic heterocycles. The molecule has 0 bridgehead atoms. The SMILES string of the molecule is COC(=O)c1cnc(-c2ccccc2CN)c(-c2ccc(Cl)c(OCc3ccccc3)c2)n1. The number of carbonyl (C=O) groups excluding carboxylic acids is 1. The number of halogens is 1. The highest BCUT2D eigenvalue weighted by Crippen LogP contribution is 2.35. The lowest BCUT2D eigenvalue weighted by atomic mass is 9.99. The number of nitrogens with zero attached hydrogens (tertiary/aromatic N) is 2. The van der Waals surface area contributed by atoms with Crippen molar-refractivity contribution in [3.63, 3.8) is 0 Å². The van der Waals surface area contributed by atoms with Gasteiger partial charge in [-0.25, -0.2) is 9.78 Å². The number of ether oxygens (including phenoxy) is 2. The van der Waals surface area contributed by atoms with Crippen LogP contribution in [0.5, 0.6) is 5.75 Å². The molecule has 0 saturated heterocycles. The van der Waals surface area contributed by atoms with Gasteiger partial charge >= 0.3 is 5.97 Å². The number of esters is 1. The van der Waals surface area contributed by atoms with Crippen LogP contribution in [0.15, 0.2) is 79.0 Å². The summed E-state index contributed by atoms with van der Waals surface area (Å²) >= 11 is 6.41. The molecular formula is C26H22ClN3O3. The van der Waals surface area contributed by atoms with E-state index >= 15 is 0 Å². The van der Waals surface area contributed by atoms with Crippen molar-refractivity contribution in [1.82, 2.24) is 9.97 Å². The van der Waals surface area contributed by atoms with Crippen LogP contribution >= 0.6 is 11.6 Å². The first-order valence-corrected chi connectivity index (χ1v) is 10.7. The highest BCUT2D eigenvalue weighted by molar-refractivity contribution is 6.32. The van der Waals surface area contributed by atoms with Crippen molar-refractivity contribution in [2.75, 3.05) is 7.11 Å². The molecule has 4 rings (SSSR count). The van der Waals surface area contributed by atoms with Crippen LogP contribution in [0.4, 0.5) is 0 Å². The number of nitrogens with two attached hydrogens (primary N) is 1. The predicted molar refractivity (Wildman–Crippen MR) is 128 cm³/mol. The fourth-order valence-corrected chi connectivity index (χ4v) is 3.59. The summed E-state index contributed by atoms with van der Waals surface area (Å²) in [6.45, 7) is 0.697. The second-order valence-electron chi connectivity index (χ2n) is 7.22. The average molecular weight is 460 g/mol. The zero-order valence-corrected chi connectivity index (χ0v) is 18.8. The van der Waals surface area contributed by atoms with E-state index in [1.165, 1.54) is 13.3 Å². The van der Waals surface area contributed by atoms with Gasteiger partial charge in [0.15, 0.2) is 5.69 Å². The molecule has 1 heterocycles. The maximum Gasteiger partial charge on any atom is 0.358 e. The van der Waals surface area contributed by atoms with E-state index in [2.05, 4.69) is 9.97 Å². The Bertz CT molecular complexity index is 1280. The van der Waals surface area contributed by atoms with Crippen molar-refractivity contribution >= 4 is 17.6 Å². The summed E-state index contributed by atoms with van der Waals surface area (Å²) in [6.07, 6.45) is 1.40. The molecule has 0 aliphatic carbocycles. The Balaban J connectivity index is 1.80. The predicted octanol–water partition coefficient (Wildman–Crippen LogP) is 5.29. The molecule has 2 N–H and O–H groups in total. The normalized spacial score (nSPS) is 10.6. The van der Waals surface area contributed by atoms with Crippen LogP contribution in [0, 0.1) is 0 Å². The summed E-state index contributed by atoms with van der Waals surface area (Å²) in [7, 11) is 1.30. The van der Waals surface area contributed by atoms with E-state index in [-0.39, 0.29) is 5.69 Å². The zero-order valence-electron chi connectivity index (χ0n) is 18.0. The minimum Gasteiger partial charge on any atom is -0.487 e. The molecule has 7 heteroatoms. The second kappa shape index (κ2) is 10.3. The highest BCUT2D eigenvalue weighted by Gasteiger charge is 2.19. The first kappa shape index (κ1) is 22.5. The lowest BCUT2D eigenvalue weighted by molar-refractivity contribution is 0.0593. The van der Waals surface area contributed by atoms with Gasteiger partial charge in [-0.15, -0.1) is 0 Å². The van der Waals surface area contributed by atoms with Crippen LogP contribution in [0.3, 0.4) is 0 Å². The number of hydrogen-bond acceptors (Lipinski definition) is 6. The van der Waals surface area contributed by atoms with Gasteiger partial charge in [0.2, 0.25) is 0 Å². The van der Waals surface area contributed by atoms with Crippen molar-refractivity contribution in [3.8, 4) is 28.3 Å².